The van der Waals surface area contributed by atoms with Gasteiger partial charge in [-0.25, -0.2) is 8.51 Å². The Hall–Kier alpha value is -2.08. The van der Waals surface area contributed by atoms with Crippen molar-refractivity contribution in [2.24, 2.45) is 0 Å². The summed E-state index contributed by atoms with van der Waals surface area (Å²) in [6.07, 6.45) is -1.36. The molecule has 1 aliphatic heterocycles. The van der Waals surface area contributed by atoms with E-state index in [-0.39, 0.29) is 12.4 Å². The van der Waals surface area contributed by atoms with Crippen molar-refractivity contribution in [1.82, 2.24) is 19.5 Å². The van der Waals surface area contributed by atoms with Gasteiger partial charge < -0.3 is 4.42 Å². The highest BCUT2D eigenvalue weighted by molar-refractivity contribution is 7.99. The zero-order valence-corrected chi connectivity index (χ0v) is 18.5. The van der Waals surface area contributed by atoms with Crippen molar-refractivity contribution in [2.75, 3.05) is 28.9 Å². The van der Waals surface area contributed by atoms with Crippen LogP contribution in [0.3, 0.4) is 0 Å². The second-order valence-corrected chi connectivity index (χ2v) is 9.65. The molecule has 0 amide bonds. The Morgan fingerprint density at radius 1 is 1.23 bits per heavy atom. The number of aromatic nitrogens is 3. The van der Waals surface area contributed by atoms with Gasteiger partial charge in [-0.1, -0.05) is 17.7 Å². The predicted octanol–water partition coefficient (Wildman–Crippen LogP) is 4.36. The average Bonchev–Trinajstić information content (AvgIpc) is 3.29. The molecular weight excluding hydrogens is 468 g/mol. The lowest BCUT2D eigenvalue weighted by atomic mass is 10.2. The Labute approximate surface area is 189 Å². The van der Waals surface area contributed by atoms with Crippen molar-refractivity contribution in [2.45, 2.75) is 13.0 Å². The molecule has 1 aromatic carbocycles. The quantitative estimate of drug-likeness (QED) is 0.495. The minimum Gasteiger partial charge on any atom is -0.415 e. The first kappa shape index (κ1) is 22.1. The number of pyridine rings is 1. The van der Waals surface area contributed by atoms with Crippen molar-refractivity contribution in [3.05, 3.63) is 59.2 Å². The van der Waals surface area contributed by atoms with Crippen molar-refractivity contribution in [1.29, 1.82) is 0 Å². The van der Waals surface area contributed by atoms with Crippen LogP contribution in [0.4, 0.5) is 14.5 Å². The largest absolute Gasteiger partial charge is 0.415 e. The van der Waals surface area contributed by atoms with Crippen molar-refractivity contribution in [3.8, 4) is 11.5 Å². The number of hydrogen-bond donors (Lipinski definition) is 0. The molecule has 1 aliphatic rings. The molecule has 1 unspecified atom stereocenters. The number of anilines is 1. The van der Waals surface area contributed by atoms with E-state index in [1.165, 1.54) is 6.20 Å². The molecule has 3 aromatic rings. The topological polar surface area (TPSA) is 75.4 Å². The minimum absolute atomic E-state index is 0.0320. The average molecular weight is 486 g/mol. The van der Waals surface area contributed by atoms with Crippen LogP contribution in [-0.2, 0) is 17.7 Å². The first-order valence-corrected chi connectivity index (χ1v) is 12.0. The summed E-state index contributed by atoms with van der Waals surface area (Å²) in [6, 6.07) is 10.5. The molecule has 4 rings (SSSR count). The van der Waals surface area contributed by atoms with Crippen molar-refractivity contribution < 1.29 is 17.4 Å². The first-order valence-electron chi connectivity index (χ1n) is 9.36. The van der Waals surface area contributed by atoms with Gasteiger partial charge in [0.15, 0.2) is 11.2 Å². The zero-order chi connectivity index (χ0) is 21.8. The predicted molar refractivity (Wildman–Crippen MR) is 117 cm³/mol. The van der Waals surface area contributed by atoms with E-state index >= 15 is 0 Å². The summed E-state index contributed by atoms with van der Waals surface area (Å²) < 4.78 is 47.3. The van der Waals surface area contributed by atoms with Crippen LogP contribution in [0.25, 0.3) is 11.5 Å². The standard InChI is InChI=1S/C19H18ClF2N5O2S2/c20-14-2-1-3-16(10-14)27(31(28)26-6-8-30-9-7-26)12-15-5-4-13(11-23-15)18-24-25-19(29-18)17(21)22/h1-5,10-11,17H,6-9,12H2. The number of alkyl halides is 2. The molecule has 0 spiro atoms. The van der Waals surface area contributed by atoms with Crippen LogP contribution in [0.15, 0.2) is 47.0 Å². The molecule has 0 aliphatic carbocycles. The van der Waals surface area contributed by atoms with E-state index in [9.17, 15) is 13.0 Å². The van der Waals surface area contributed by atoms with Gasteiger partial charge in [0, 0.05) is 35.8 Å². The van der Waals surface area contributed by atoms with Crippen LogP contribution < -0.4 is 4.31 Å². The molecule has 1 saturated heterocycles. The van der Waals surface area contributed by atoms with E-state index in [0.29, 0.717) is 22.0 Å². The molecule has 1 fully saturated rings. The van der Waals surface area contributed by atoms with Crippen LogP contribution in [-0.4, -0.2) is 48.3 Å². The van der Waals surface area contributed by atoms with Gasteiger partial charge in [0.1, 0.15) is 0 Å². The van der Waals surface area contributed by atoms with E-state index in [1.54, 1.807) is 34.6 Å². The van der Waals surface area contributed by atoms with E-state index in [0.717, 1.165) is 24.6 Å². The second kappa shape index (κ2) is 10.0. The van der Waals surface area contributed by atoms with E-state index < -0.39 is 23.5 Å². The number of halogens is 3. The van der Waals surface area contributed by atoms with Gasteiger partial charge in [-0.15, -0.1) is 10.2 Å². The molecule has 164 valence electrons. The molecule has 0 N–H and O–H groups in total. The number of hydrogen-bond acceptors (Lipinski definition) is 6. The van der Waals surface area contributed by atoms with Gasteiger partial charge in [-0.3, -0.25) is 9.29 Å². The molecule has 2 aromatic heterocycles. The smallest absolute Gasteiger partial charge is 0.314 e. The molecular formula is C19H18ClF2N5O2S2. The van der Waals surface area contributed by atoms with Gasteiger partial charge in [0.2, 0.25) is 5.89 Å². The van der Waals surface area contributed by atoms with E-state index in [2.05, 4.69) is 15.2 Å². The maximum absolute atomic E-state index is 13.3. The van der Waals surface area contributed by atoms with Crippen LogP contribution in [0.2, 0.25) is 5.02 Å². The molecule has 7 nitrogen and oxygen atoms in total. The number of rotatable bonds is 7. The highest BCUT2D eigenvalue weighted by Crippen LogP contribution is 2.26. The summed E-state index contributed by atoms with van der Waals surface area (Å²) >= 11 is 6.58. The van der Waals surface area contributed by atoms with Crippen LogP contribution in [0, 0.1) is 0 Å². The van der Waals surface area contributed by atoms with Gasteiger partial charge in [0.25, 0.3) is 5.89 Å². The zero-order valence-electron chi connectivity index (χ0n) is 16.2. The molecule has 1 atom stereocenters. The Morgan fingerprint density at radius 2 is 2.03 bits per heavy atom. The fourth-order valence-corrected chi connectivity index (χ4v) is 5.57. The van der Waals surface area contributed by atoms with Gasteiger partial charge in [-0.05, 0) is 30.3 Å². The summed E-state index contributed by atoms with van der Waals surface area (Å²) in [5, 5.41) is 7.49. The third-order valence-corrected chi connectivity index (χ3v) is 7.18. The third-order valence-electron chi connectivity index (χ3n) is 4.48. The van der Waals surface area contributed by atoms with Gasteiger partial charge >= 0.3 is 6.43 Å². The monoisotopic (exact) mass is 485 g/mol. The lowest BCUT2D eigenvalue weighted by Crippen LogP contribution is -2.42. The van der Waals surface area contributed by atoms with Crippen molar-refractivity contribution in [3.63, 3.8) is 0 Å². The Balaban J connectivity index is 1.56. The lowest BCUT2D eigenvalue weighted by Gasteiger charge is -2.32. The summed E-state index contributed by atoms with van der Waals surface area (Å²) in [5.74, 6) is 1.08. The minimum atomic E-state index is -2.83. The molecule has 0 radical (unpaired) electrons. The number of nitrogens with zero attached hydrogens (tertiary/aromatic N) is 5. The fraction of sp³-hybridized carbons (Fsp3) is 0.316. The van der Waals surface area contributed by atoms with Gasteiger partial charge in [-0.2, -0.15) is 20.5 Å². The normalized spacial score (nSPS) is 15.9. The second-order valence-electron chi connectivity index (χ2n) is 6.57. The summed E-state index contributed by atoms with van der Waals surface area (Å²) in [5.41, 5.74) is 1.78. The lowest BCUT2D eigenvalue weighted by molar-refractivity contribution is 0.116. The third kappa shape index (κ3) is 5.40. The first-order chi connectivity index (χ1) is 15.0. The molecule has 3 heterocycles. The molecule has 31 heavy (non-hydrogen) atoms. The summed E-state index contributed by atoms with van der Waals surface area (Å²) in [6.45, 7) is 1.72. The highest BCUT2D eigenvalue weighted by atomic mass is 35.5. The van der Waals surface area contributed by atoms with Crippen molar-refractivity contribution >= 4 is 40.2 Å². The fourth-order valence-electron chi connectivity index (χ4n) is 2.94. The molecule has 0 bridgehead atoms. The highest BCUT2D eigenvalue weighted by Gasteiger charge is 2.24. The molecule has 0 saturated carbocycles. The van der Waals surface area contributed by atoms with E-state index in [4.69, 9.17) is 16.0 Å². The molecule has 12 heteroatoms. The number of benzene rings is 1. The summed E-state index contributed by atoms with van der Waals surface area (Å²) in [4.78, 5) is 4.38. The number of thioether (sulfide) groups is 1. The Kier molecular flexibility index (Phi) is 7.16. The van der Waals surface area contributed by atoms with Crippen LogP contribution >= 0.6 is 23.4 Å². The SMILES string of the molecule is O=S(N1CCSCC1)N(Cc1ccc(-c2nnc(C(F)F)o2)cn1)c1cccc(Cl)c1. The maximum atomic E-state index is 13.3. The van der Waals surface area contributed by atoms with Gasteiger partial charge in [0.05, 0.1) is 23.5 Å². The summed E-state index contributed by atoms with van der Waals surface area (Å²) in [7, 11) is 0. The Morgan fingerprint density at radius 3 is 2.68 bits per heavy atom. The Bertz CT molecular complexity index is 1050. The van der Waals surface area contributed by atoms with Crippen LogP contribution in [0.5, 0.6) is 0 Å². The van der Waals surface area contributed by atoms with Crippen LogP contribution in [0.1, 0.15) is 18.0 Å². The van der Waals surface area contributed by atoms with E-state index in [1.807, 2.05) is 22.1 Å². The maximum Gasteiger partial charge on any atom is 0.314 e.